The van der Waals surface area contributed by atoms with Crippen LogP contribution in [0, 0.1) is 29.2 Å². The predicted octanol–water partition coefficient (Wildman–Crippen LogP) is 11.5. The summed E-state index contributed by atoms with van der Waals surface area (Å²) in [6, 6.07) is 55.6. The van der Waals surface area contributed by atoms with Crippen LogP contribution in [0.5, 0.6) is 0 Å². The Labute approximate surface area is 288 Å². The molecule has 9 rings (SSSR count). The van der Waals surface area contributed by atoms with Gasteiger partial charge in [-0.05, 0) is 82.9 Å². The Bertz CT molecular complexity index is 2900. The van der Waals surface area contributed by atoms with Crippen LogP contribution >= 0.6 is 0 Å². The zero-order valence-corrected chi connectivity index (χ0v) is 26.7. The van der Waals surface area contributed by atoms with E-state index in [1.807, 2.05) is 66.7 Å². The second-order valence-corrected chi connectivity index (χ2v) is 12.3. The van der Waals surface area contributed by atoms with Crippen molar-refractivity contribution in [2.45, 2.75) is 0 Å². The summed E-state index contributed by atoms with van der Waals surface area (Å²) < 4.78 is 4.47. The number of hydrogen-bond donors (Lipinski definition) is 0. The summed E-state index contributed by atoms with van der Waals surface area (Å²) in [5.41, 5.74) is 10.7. The molecule has 0 unspecified atom stereocenters. The molecule has 0 spiro atoms. The van der Waals surface area contributed by atoms with Crippen LogP contribution in [0.3, 0.4) is 0 Å². The summed E-state index contributed by atoms with van der Waals surface area (Å²) in [4.78, 5) is 3.91. The van der Waals surface area contributed by atoms with Crippen LogP contribution in [-0.4, -0.2) is 9.13 Å². The van der Waals surface area contributed by atoms with Gasteiger partial charge < -0.3 is 9.13 Å². The molecule has 0 saturated carbocycles. The topological polar surface area (TPSA) is 61.8 Å². The molecule has 0 bridgehead atoms. The molecule has 0 N–H and O–H groups in total. The number of hydrogen-bond acceptors (Lipinski definition) is 2. The summed E-state index contributed by atoms with van der Waals surface area (Å²) in [5.74, 6) is 0. The fourth-order valence-corrected chi connectivity index (χ4v) is 7.41. The lowest BCUT2D eigenvalue weighted by Gasteiger charge is -2.17. The maximum Gasteiger partial charge on any atom is 0.212 e. The lowest BCUT2D eigenvalue weighted by molar-refractivity contribution is 1.18. The lowest BCUT2D eigenvalue weighted by atomic mass is 9.93. The number of benzene rings is 7. The van der Waals surface area contributed by atoms with Crippen molar-refractivity contribution in [2.75, 3.05) is 0 Å². The lowest BCUT2D eigenvalue weighted by Crippen LogP contribution is -1.98. The number of rotatable bonds is 4. The first-order chi connectivity index (χ1) is 24.7. The number of fused-ring (bicyclic) bond motifs is 6. The highest BCUT2D eigenvalue weighted by atomic mass is 15.0. The Kier molecular flexibility index (Phi) is 6.56. The molecule has 0 saturated heterocycles. The van der Waals surface area contributed by atoms with Gasteiger partial charge in [-0.1, -0.05) is 91.0 Å². The van der Waals surface area contributed by atoms with E-state index in [0.29, 0.717) is 22.4 Å². The van der Waals surface area contributed by atoms with Gasteiger partial charge in [0.2, 0.25) is 5.69 Å². The van der Waals surface area contributed by atoms with E-state index in [1.54, 1.807) is 0 Å². The summed E-state index contributed by atoms with van der Waals surface area (Å²) >= 11 is 0. The number of para-hydroxylation sites is 4. The van der Waals surface area contributed by atoms with Gasteiger partial charge in [0.15, 0.2) is 0 Å². The van der Waals surface area contributed by atoms with Crippen molar-refractivity contribution in [3.8, 4) is 45.8 Å². The Morgan fingerprint density at radius 1 is 0.480 bits per heavy atom. The van der Waals surface area contributed by atoms with Gasteiger partial charge >= 0.3 is 0 Å². The second-order valence-electron chi connectivity index (χ2n) is 12.3. The molecule has 0 atom stereocenters. The molecule has 0 fully saturated rings. The van der Waals surface area contributed by atoms with Crippen molar-refractivity contribution in [3.63, 3.8) is 0 Å². The molecule has 0 amide bonds. The highest BCUT2D eigenvalue weighted by molar-refractivity contribution is 6.11. The first-order valence-corrected chi connectivity index (χ1v) is 16.3. The highest BCUT2D eigenvalue weighted by Gasteiger charge is 2.20. The maximum atomic E-state index is 10.3. The van der Waals surface area contributed by atoms with Crippen LogP contribution in [0.4, 0.5) is 5.69 Å². The van der Waals surface area contributed by atoms with E-state index >= 15 is 0 Å². The zero-order chi connectivity index (χ0) is 33.8. The minimum atomic E-state index is 0.318. The second kappa shape index (κ2) is 11.4. The quantitative estimate of drug-likeness (QED) is 0.181. The van der Waals surface area contributed by atoms with Gasteiger partial charge in [0, 0.05) is 27.2 Å². The van der Waals surface area contributed by atoms with Crippen molar-refractivity contribution >= 4 is 49.3 Å². The molecular weight excluding hydrogens is 611 g/mol. The first kappa shape index (κ1) is 28.8. The molecule has 50 heavy (non-hydrogen) atoms. The number of nitriles is 2. The molecule has 0 aliphatic heterocycles. The molecule has 0 aliphatic rings. The van der Waals surface area contributed by atoms with Crippen molar-refractivity contribution in [1.29, 1.82) is 10.5 Å². The van der Waals surface area contributed by atoms with Gasteiger partial charge in [-0.3, -0.25) is 0 Å². The van der Waals surface area contributed by atoms with Gasteiger partial charge in [0.25, 0.3) is 0 Å². The number of nitrogens with zero attached hydrogens (tertiary/aromatic N) is 5. The highest BCUT2D eigenvalue weighted by Crippen LogP contribution is 2.43. The average Bonchev–Trinajstić information content (AvgIpc) is 3.70. The van der Waals surface area contributed by atoms with E-state index in [2.05, 4.69) is 111 Å². The fourth-order valence-electron chi connectivity index (χ4n) is 7.41. The third-order valence-corrected chi connectivity index (χ3v) is 9.62. The predicted molar refractivity (Wildman–Crippen MR) is 202 cm³/mol. The summed E-state index contributed by atoms with van der Waals surface area (Å²) in [6.07, 6.45) is 0. The van der Waals surface area contributed by atoms with E-state index in [4.69, 9.17) is 6.57 Å². The van der Waals surface area contributed by atoms with Gasteiger partial charge in [0.05, 0.1) is 57.6 Å². The molecule has 5 nitrogen and oxygen atoms in total. The largest absolute Gasteiger partial charge is 0.309 e. The smallest absolute Gasteiger partial charge is 0.212 e. The SMILES string of the molecule is [C-]#[N+]c1c(C#N)cc(-c2ccc(-n3c4ccccc4c4ccccc43)cc2)cc1-c1ccccc1-n1c2ccccc2c2cc(C#N)ccc21. The minimum absolute atomic E-state index is 0.318. The molecule has 0 aliphatic carbocycles. The summed E-state index contributed by atoms with van der Waals surface area (Å²) in [6.45, 7) is 8.18. The van der Waals surface area contributed by atoms with Crippen LogP contribution in [-0.2, 0) is 0 Å². The molecule has 230 valence electrons. The van der Waals surface area contributed by atoms with Crippen LogP contribution in [0.15, 0.2) is 152 Å². The van der Waals surface area contributed by atoms with Crippen molar-refractivity contribution in [1.82, 2.24) is 9.13 Å². The van der Waals surface area contributed by atoms with Crippen LogP contribution < -0.4 is 0 Å². The molecular formula is C45H25N5. The standard InChI is InChI=1S/C45H25N5/c1-48-45-32(28-47)25-31(30-19-21-33(22-20-30)49-40-14-6-2-10-34(40)35-11-3-7-15-41(35)49)26-39(45)37-13-5-9-17-43(37)50-42-16-8-4-12-36(42)38-24-29(27-46)18-23-44(38)50/h2-26H. The molecule has 7 aromatic carbocycles. The fraction of sp³-hybridized carbons (Fsp3) is 0. The Balaban J connectivity index is 1.23. The molecule has 9 aromatic rings. The van der Waals surface area contributed by atoms with Gasteiger partial charge in [0.1, 0.15) is 0 Å². The van der Waals surface area contributed by atoms with E-state index < -0.39 is 0 Å². The zero-order valence-electron chi connectivity index (χ0n) is 26.7. The monoisotopic (exact) mass is 635 g/mol. The van der Waals surface area contributed by atoms with Crippen LogP contribution in [0.25, 0.3) is 82.1 Å². The van der Waals surface area contributed by atoms with Crippen molar-refractivity contribution in [3.05, 3.63) is 174 Å². The minimum Gasteiger partial charge on any atom is -0.309 e. The van der Waals surface area contributed by atoms with Crippen molar-refractivity contribution in [2.24, 2.45) is 0 Å². The third kappa shape index (κ3) is 4.31. The molecule has 5 heteroatoms. The van der Waals surface area contributed by atoms with Gasteiger partial charge in [-0.2, -0.15) is 10.5 Å². The van der Waals surface area contributed by atoms with Crippen molar-refractivity contribution < 1.29 is 0 Å². The van der Waals surface area contributed by atoms with E-state index in [0.717, 1.165) is 60.9 Å². The summed E-state index contributed by atoms with van der Waals surface area (Å²) in [5, 5.41) is 24.4. The maximum absolute atomic E-state index is 10.3. The molecule has 2 heterocycles. The van der Waals surface area contributed by atoms with E-state index in [9.17, 15) is 10.5 Å². The van der Waals surface area contributed by atoms with Crippen LogP contribution in [0.2, 0.25) is 0 Å². The Hall–Kier alpha value is -7.39. The molecule has 0 radical (unpaired) electrons. The average molecular weight is 636 g/mol. The number of aromatic nitrogens is 2. The Morgan fingerprint density at radius 2 is 1.06 bits per heavy atom. The van der Waals surface area contributed by atoms with Gasteiger partial charge in [-0.25, -0.2) is 4.85 Å². The van der Waals surface area contributed by atoms with Crippen LogP contribution in [0.1, 0.15) is 11.1 Å². The molecule has 2 aromatic heterocycles. The normalized spacial score (nSPS) is 11.1. The van der Waals surface area contributed by atoms with Gasteiger partial charge in [-0.15, -0.1) is 0 Å². The Morgan fingerprint density at radius 3 is 1.70 bits per heavy atom. The van der Waals surface area contributed by atoms with E-state index in [1.165, 1.54) is 10.8 Å². The van der Waals surface area contributed by atoms with E-state index in [-0.39, 0.29) is 0 Å². The third-order valence-electron chi connectivity index (χ3n) is 9.62. The summed E-state index contributed by atoms with van der Waals surface area (Å²) in [7, 11) is 0. The first-order valence-electron chi connectivity index (χ1n) is 16.3.